The summed E-state index contributed by atoms with van der Waals surface area (Å²) in [7, 11) is 7.80. The largest absolute Gasteiger partial charge is 0.493 e. The third-order valence-electron chi connectivity index (χ3n) is 5.29. The Morgan fingerprint density at radius 3 is 1.94 bits per heavy atom. The van der Waals surface area contributed by atoms with Crippen LogP contribution in [0.1, 0.15) is 11.5 Å². The second-order valence-electron chi connectivity index (χ2n) is 7.28. The van der Waals surface area contributed by atoms with Gasteiger partial charge in [-0.2, -0.15) is 4.98 Å². The van der Waals surface area contributed by atoms with Crippen LogP contribution in [-0.4, -0.2) is 55.1 Å². The molecule has 0 aliphatic carbocycles. The van der Waals surface area contributed by atoms with Gasteiger partial charge in [-0.25, -0.2) is 9.50 Å². The van der Waals surface area contributed by atoms with E-state index in [1.807, 2.05) is 26.0 Å². The summed E-state index contributed by atoms with van der Waals surface area (Å²) >= 11 is 0. The van der Waals surface area contributed by atoms with Crippen molar-refractivity contribution in [3.05, 3.63) is 41.9 Å². The average molecular weight is 466 g/mol. The molecule has 4 rings (SSSR count). The van der Waals surface area contributed by atoms with Gasteiger partial charge in [0.2, 0.25) is 11.6 Å². The number of benzene rings is 2. The lowest BCUT2D eigenvalue weighted by atomic mass is 10.2. The summed E-state index contributed by atoms with van der Waals surface area (Å²) in [5.74, 6) is 4.46. The van der Waals surface area contributed by atoms with E-state index < -0.39 is 0 Å². The number of hydrogen-bond acceptors (Lipinski definition) is 9. The second-order valence-corrected chi connectivity index (χ2v) is 7.28. The highest BCUT2D eigenvalue weighted by atomic mass is 16.5. The van der Waals surface area contributed by atoms with Crippen molar-refractivity contribution in [3.8, 4) is 51.8 Å². The van der Waals surface area contributed by atoms with E-state index in [1.54, 1.807) is 58.3 Å². The van der Waals surface area contributed by atoms with Gasteiger partial charge in [0.25, 0.3) is 0 Å². The molecule has 0 N–H and O–H groups in total. The Labute approximate surface area is 197 Å². The lowest BCUT2D eigenvalue weighted by Crippen LogP contribution is -2.04. The maximum Gasteiger partial charge on any atom is 0.249 e. The number of hydrogen-bond donors (Lipinski definition) is 0. The van der Waals surface area contributed by atoms with E-state index in [0.717, 1.165) is 11.3 Å². The molecule has 0 fully saturated rings. The summed E-state index contributed by atoms with van der Waals surface area (Å²) in [5.41, 5.74) is 2.11. The summed E-state index contributed by atoms with van der Waals surface area (Å²) in [6.45, 7) is 3.75. The first-order chi connectivity index (χ1) is 16.4. The molecule has 2 aromatic heterocycles. The average Bonchev–Trinajstić information content (AvgIpc) is 3.15. The Balaban J connectivity index is 1.88. The van der Waals surface area contributed by atoms with Crippen molar-refractivity contribution in [1.82, 2.24) is 19.6 Å². The molecule has 2 heterocycles. The Hall–Kier alpha value is -4.21. The molecule has 0 aliphatic rings. The van der Waals surface area contributed by atoms with Gasteiger partial charge in [0.05, 0.1) is 41.2 Å². The van der Waals surface area contributed by atoms with Gasteiger partial charge in [0.15, 0.2) is 34.3 Å². The van der Waals surface area contributed by atoms with Gasteiger partial charge in [0.1, 0.15) is 11.6 Å². The Bertz CT molecular complexity index is 1330. The van der Waals surface area contributed by atoms with E-state index in [-0.39, 0.29) is 0 Å². The highest BCUT2D eigenvalue weighted by Gasteiger charge is 2.20. The molecule has 10 heteroatoms. The van der Waals surface area contributed by atoms with E-state index in [4.69, 9.17) is 38.5 Å². The number of imidazole rings is 1. The summed E-state index contributed by atoms with van der Waals surface area (Å²) in [4.78, 5) is 9.27. The molecule has 34 heavy (non-hydrogen) atoms. The molecular formula is C24H26N4O6. The van der Waals surface area contributed by atoms with Crippen molar-refractivity contribution in [1.29, 1.82) is 0 Å². The first-order valence-corrected chi connectivity index (χ1v) is 10.4. The molecule has 0 saturated heterocycles. The Morgan fingerprint density at radius 2 is 1.35 bits per heavy atom. The van der Waals surface area contributed by atoms with E-state index in [2.05, 4.69) is 4.98 Å². The maximum absolute atomic E-state index is 6.25. The van der Waals surface area contributed by atoms with Crippen molar-refractivity contribution >= 4 is 5.52 Å². The Morgan fingerprint density at radius 1 is 0.706 bits per heavy atom. The number of nitrogens with zero attached hydrogens (tertiary/aromatic N) is 4. The zero-order valence-corrected chi connectivity index (χ0v) is 20.1. The third kappa shape index (κ3) is 3.98. The van der Waals surface area contributed by atoms with E-state index in [9.17, 15) is 0 Å². The molecule has 0 saturated carbocycles. The van der Waals surface area contributed by atoms with Crippen molar-refractivity contribution in [2.45, 2.75) is 13.8 Å². The smallest absolute Gasteiger partial charge is 0.249 e. The van der Waals surface area contributed by atoms with E-state index >= 15 is 0 Å². The molecule has 0 aliphatic heterocycles. The summed E-state index contributed by atoms with van der Waals surface area (Å²) < 4.78 is 35.1. The minimum Gasteiger partial charge on any atom is -0.493 e. The van der Waals surface area contributed by atoms with Crippen molar-refractivity contribution in [2.24, 2.45) is 0 Å². The fourth-order valence-corrected chi connectivity index (χ4v) is 3.69. The molecule has 0 spiro atoms. The number of ether oxygens (including phenoxy) is 6. The molecule has 10 nitrogen and oxygen atoms in total. The summed E-state index contributed by atoms with van der Waals surface area (Å²) in [5, 5.41) is 4.69. The van der Waals surface area contributed by atoms with Gasteiger partial charge in [-0.1, -0.05) is 0 Å². The van der Waals surface area contributed by atoms with Crippen LogP contribution < -0.4 is 28.4 Å². The lowest BCUT2D eigenvalue weighted by molar-refractivity contribution is 0.320. The van der Waals surface area contributed by atoms with Crippen LogP contribution in [0.3, 0.4) is 0 Å². The first kappa shape index (κ1) is 23.0. The van der Waals surface area contributed by atoms with E-state index in [1.165, 1.54) is 0 Å². The van der Waals surface area contributed by atoms with Gasteiger partial charge in [0, 0.05) is 17.7 Å². The van der Waals surface area contributed by atoms with Crippen LogP contribution in [0.25, 0.3) is 16.9 Å². The molecule has 2 aromatic carbocycles. The normalized spacial score (nSPS) is 10.8. The Kier molecular flexibility index (Phi) is 6.31. The highest BCUT2D eigenvalue weighted by Crippen LogP contribution is 2.42. The molecule has 0 atom stereocenters. The molecule has 0 amide bonds. The molecule has 0 unspecified atom stereocenters. The minimum atomic E-state index is 0.326. The maximum atomic E-state index is 6.25. The van der Waals surface area contributed by atoms with Gasteiger partial charge < -0.3 is 28.4 Å². The minimum absolute atomic E-state index is 0.326. The molecular weight excluding hydrogens is 440 g/mol. The van der Waals surface area contributed by atoms with E-state index in [0.29, 0.717) is 57.5 Å². The quantitative estimate of drug-likeness (QED) is 0.377. The fourth-order valence-electron chi connectivity index (χ4n) is 3.69. The second kappa shape index (κ2) is 9.34. The molecule has 178 valence electrons. The SMILES string of the molecule is COc1ccc(-c2nc(Oc3cc(OC)c(OC)c(OC)c3)c3c(C)nc(C)n3n2)cc1OC. The van der Waals surface area contributed by atoms with Gasteiger partial charge in [-0.05, 0) is 32.0 Å². The molecule has 4 aromatic rings. The predicted molar refractivity (Wildman–Crippen MR) is 125 cm³/mol. The first-order valence-electron chi connectivity index (χ1n) is 10.4. The van der Waals surface area contributed by atoms with Crippen LogP contribution in [0.15, 0.2) is 30.3 Å². The van der Waals surface area contributed by atoms with Gasteiger partial charge in [-0.15, -0.1) is 5.10 Å². The number of aromatic nitrogens is 4. The standard InChI is InChI=1S/C24H26N4O6/c1-13-21-24(34-16-11-19(31-5)22(33-7)20(12-16)32-6)26-23(27-28(21)14(2)25-13)15-8-9-17(29-3)18(10-15)30-4/h8-12H,1-7H3. The van der Waals surface area contributed by atoms with Crippen molar-refractivity contribution in [3.63, 3.8) is 0 Å². The van der Waals surface area contributed by atoms with Crippen molar-refractivity contribution < 1.29 is 28.4 Å². The zero-order chi connectivity index (χ0) is 24.4. The van der Waals surface area contributed by atoms with Crippen LogP contribution in [0.5, 0.6) is 40.4 Å². The van der Waals surface area contributed by atoms with Crippen LogP contribution in [0.2, 0.25) is 0 Å². The van der Waals surface area contributed by atoms with Gasteiger partial charge >= 0.3 is 0 Å². The van der Waals surface area contributed by atoms with Crippen LogP contribution in [0, 0.1) is 13.8 Å². The number of fused-ring (bicyclic) bond motifs is 1. The lowest BCUT2D eigenvalue weighted by Gasteiger charge is -2.15. The molecule has 0 radical (unpaired) electrons. The summed E-state index contributed by atoms with van der Waals surface area (Å²) in [6, 6.07) is 8.86. The number of methoxy groups -OCH3 is 5. The van der Waals surface area contributed by atoms with Crippen LogP contribution >= 0.6 is 0 Å². The third-order valence-corrected chi connectivity index (χ3v) is 5.29. The number of rotatable bonds is 8. The zero-order valence-electron chi connectivity index (χ0n) is 20.1. The van der Waals surface area contributed by atoms with Gasteiger partial charge in [-0.3, -0.25) is 0 Å². The topological polar surface area (TPSA) is 98.5 Å². The number of aryl methyl sites for hydroxylation is 2. The highest BCUT2D eigenvalue weighted by molar-refractivity contribution is 5.67. The monoisotopic (exact) mass is 466 g/mol. The predicted octanol–water partition coefficient (Wildman–Crippen LogP) is 4.24. The summed E-state index contributed by atoms with van der Waals surface area (Å²) in [6.07, 6.45) is 0. The van der Waals surface area contributed by atoms with Crippen molar-refractivity contribution in [2.75, 3.05) is 35.5 Å². The fraction of sp³-hybridized carbons (Fsp3) is 0.292. The molecule has 0 bridgehead atoms. The van der Waals surface area contributed by atoms with Crippen LogP contribution in [-0.2, 0) is 0 Å². The van der Waals surface area contributed by atoms with Crippen LogP contribution in [0.4, 0.5) is 0 Å².